The molecule has 1 fully saturated rings. The molecule has 1 atom stereocenters. The minimum atomic E-state index is -4.05. The Balaban J connectivity index is 1.93. The van der Waals surface area contributed by atoms with Crippen molar-refractivity contribution < 1.29 is 17.6 Å². The predicted octanol–water partition coefficient (Wildman–Crippen LogP) is 1.85. The third-order valence-electron chi connectivity index (χ3n) is 4.72. The Morgan fingerprint density at radius 1 is 1.22 bits per heavy atom. The zero-order valence-electron chi connectivity index (χ0n) is 15.3. The minimum Gasteiger partial charge on any atom is -0.344 e. The van der Waals surface area contributed by atoms with E-state index in [0.717, 1.165) is 6.07 Å². The number of halogens is 1. The highest BCUT2D eigenvalue weighted by Gasteiger charge is 2.36. The van der Waals surface area contributed by atoms with Crippen LogP contribution in [-0.4, -0.2) is 55.2 Å². The third-order valence-corrected chi connectivity index (χ3v) is 6.60. The molecule has 1 amide bonds. The van der Waals surface area contributed by atoms with Crippen molar-refractivity contribution in [3.05, 3.63) is 59.7 Å². The molecule has 2 aromatic rings. The van der Waals surface area contributed by atoms with Gasteiger partial charge in [0, 0.05) is 45.0 Å². The number of hydrogen-bond donors (Lipinski definition) is 0. The van der Waals surface area contributed by atoms with Crippen LogP contribution in [0.2, 0.25) is 0 Å². The fourth-order valence-corrected chi connectivity index (χ4v) is 4.81. The Morgan fingerprint density at radius 3 is 2.70 bits per heavy atom. The summed E-state index contributed by atoms with van der Waals surface area (Å²) in [6, 6.07) is 9.42. The molecule has 6 nitrogen and oxygen atoms in total. The Labute approximate surface area is 158 Å². The van der Waals surface area contributed by atoms with Gasteiger partial charge in [-0.25, -0.2) is 12.8 Å². The summed E-state index contributed by atoms with van der Waals surface area (Å²) in [5.74, 6) is -1.50. The standard InChI is InChI=1S/C19H22FN3O3S/c1-14-6-7-17(20)18(11-14)27(25,26)23-10-9-22(2)19(24)15(13-23)12-16-5-3-4-8-21-16/h3-8,11,15H,9-10,12-13H2,1-2H3/t15-/m0/s1. The van der Waals surface area contributed by atoms with Crippen LogP contribution in [0.15, 0.2) is 47.5 Å². The first-order valence-electron chi connectivity index (χ1n) is 8.70. The zero-order valence-corrected chi connectivity index (χ0v) is 16.1. The first-order valence-corrected chi connectivity index (χ1v) is 10.1. The van der Waals surface area contributed by atoms with Crippen molar-refractivity contribution in [2.45, 2.75) is 18.2 Å². The molecule has 1 aliphatic rings. The van der Waals surface area contributed by atoms with Crippen LogP contribution in [0.1, 0.15) is 11.3 Å². The van der Waals surface area contributed by atoms with Crippen LogP contribution in [0, 0.1) is 18.7 Å². The molecule has 0 radical (unpaired) electrons. The molecular formula is C19H22FN3O3S. The van der Waals surface area contributed by atoms with Gasteiger partial charge >= 0.3 is 0 Å². The lowest BCUT2D eigenvalue weighted by Crippen LogP contribution is -2.37. The van der Waals surface area contributed by atoms with E-state index in [1.54, 1.807) is 32.3 Å². The largest absolute Gasteiger partial charge is 0.344 e. The maximum absolute atomic E-state index is 14.2. The van der Waals surface area contributed by atoms with E-state index >= 15 is 0 Å². The number of aromatic nitrogens is 1. The SMILES string of the molecule is Cc1ccc(F)c(S(=O)(=O)N2CCN(C)C(=O)[C@@H](Cc3ccccn3)C2)c1. The Morgan fingerprint density at radius 2 is 2.00 bits per heavy atom. The maximum atomic E-state index is 14.2. The average Bonchev–Trinajstić information content (AvgIpc) is 2.78. The second kappa shape index (κ2) is 7.74. The summed E-state index contributed by atoms with van der Waals surface area (Å²) in [7, 11) is -2.40. The minimum absolute atomic E-state index is 0.00450. The zero-order chi connectivity index (χ0) is 19.6. The number of pyridine rings is 1. The van der Waals surface area contributed by atoms with Crippen molar-refractivity contribution in [1.82, 2.24) is 14.2 Å². The molecule has 0 N–H and O–H groups in total. The van der Waals surface area contributed by atoms with E-state index in [1.165, 1.54) is 21.3 Å². The Kier molecular flexibility index (Phi) is 5.57. The molecule has 0 aliphatic carbocycles. The summed E-state index contributed by atoms with van der Waals surface area (Å²) in [5.41, 5.74) is 1.37. The predicted molar refractivity (Wildman–Crippen MR) is 99.0 cm³/mol. The lowest BCUT2D eigenvalue weighted by atomic mass is 10.0. The summed E-state index contributed by atoms with van der Waals surface area (Å²) < 4.78 is 41.6. The number of sulfonamides is 1. The molecule has 0 unspecified atom stereocenters. The molecule has 1 aromatic heterocycles. The van der Waals surface area contributed by atoms with Crippen LogP contribution >= 0.6 is 0 Å². The van der Waals surface area contributed by atoms with Crippen molar-refractivity contribution in [2.24, 2.45) is 5.92 Å². The van der Waals surface area contributed by atoms with Gasteiger partial charge in [0.2, 0.25) is 15.9 Å². The monoisotopic (exact) mass is 391 g/mol. The molecule has 1 aliphatic heterocycles. The average molecular weight is 391 g/mol. The van der Waals surface area contributed by atoms with E-state index < -0.39 is 21.8 Å². The number of rotatable bonds is 4. The molecule has 0 bridgehead atoms. The third kappa shape index (κ3) is 4.17. The van der Waals surface area contributed by atoms with Crippen LogP contribution in [0.3, 0.4) is 0 Å². The van der Waals surface area contributed by atoms with Gasteiger partial charge in [-0.3, -0.25) is 9.78 Å². The van der Waals surface area contributed by atoms with Gasteiger partial charge < -0.3 is 4.90 Å². The Bertz CT molecular complexity index is 934. The summed E-state index contributed by atoms with van der Waals surface area (Å²) in [4.78, 5) is 18.1. The van der Waals surface area contributed by atoms with Gasteiger partial charge in [0.15, 0.2) is 0 Å². The second-order valence-electron chi connectivity index (χ2n) is 6.78. The van der Waals surface area contributed by atoms with Crippen LogP contribution in [-0.2, 0) is 21.2 Å². The Hall–Kier alpha value is -2.32. The van der Waals surface area contributed by atoms with Crippen LogP contribution in [0.4, 0.5) is 4.39 Å². The molecule has 8 heteroatoms. The van der Waals surface area contributed by atoms with Crippen LogP contribution in [0.5, 0.6) is 0 Å². The van der Waals surface area contributed by atoms with E-state index in [4.69, 9.17) is 0 Å². The maximum Gasteiger partial charge on any atom is 0.246 e. The highest BCUT2D eigenvalue weighted by molar-refractivity contribution is 7.89. The summed E-state index contributed by atoms with van der Waals surface area (Å²) >= 11 is 0. The second-order valence-corrected chi connectivity index (χ2v) is 8.69. The molecule has 3 rings (SSSR count). The number of likely N-dealkylation sites (N-methyl/N-ethyl adjacent to an activating group) is 1. The number of amides is 1. The highest BCUT2D eigenvalue weighted by Crippen LogP contribution is 2.24. The normalized spacial score (nSPS) is 19.1. The first kappa shape index (κ1) is 19.4. The molecule has 27 heavy (non-hydrogen) atoms. The number of carbonyl (C=O) groups is 1. The van der Waals surface area contributed by atoms with E-state index in [-0.39, 0.29) is 30.4 Å². The molecule has 144 valence electrons. The van der Waals surface area contributed by atoms with Crippen molar-refractivity contribution in [3.8, 4) is 0 Å². The van der Waals surface area contributed by atoms with Gasteiger partial charge in [0.05, 0.1) is 5.92 Å². The smallest absolute Gasteiger partial charge is 0.246 e. The lowest BCUT2D eigenvalue weighted by molar-refractivity contribution is -0.133. The number of carbonyl (C=O) groups excluding carboxylic acids is 1. The van der Waals surface area contributed by atoms with Gasteiger partial charge in [-0.15, -0.1) is 0 Å². The van der Waals surface area contributed by atoms with Crippen molar-refractivity contribution in [2.75, 3.05) is 26.7 Å². The molecular weight excluding hydrogens is 369 g/mol. The van der Waals surface area contributed by atoms with Crippen LogP contribution < -0.4 is 0 Å². The molecule has 0 saturated carbocycles. The molecule has 1 saturated heterocycles. The fraction of sp³-hybridized carbons (Fsp3) is 0.368. The van der Waals surface area contributed by atoms with E-state index in [0.29, 0.717) is 17.7 Å². The van der Waals surface area contributed by atoms with Crippen LogP contribution in [0.25, 0.3) is 0 Å². The molecule has 2 heterocycles. The number of aryl methyl sites for hydroxylation is 1. The number of hydrogen-bond acceptors (Lipinski definition) is 4. The first-order chi connectivity index (χ1) is 12.8. The lowest BCUT2D eigenvalue weighted by Gasteiger charge is -2.23. The molecule has 0 spiro atoms. The van der Waals surface area contributed by atoms with E-state index in [1.807, 2.05) is 6.07 Å². The van der Waals surface area contributed by atoms with Gasteiger partial charge in [-0.2, -0.15) is 4.31 Å². The van der Waals surface area contributed by atoms with Gasteiger partial charge in [0.1, 0.15) is 10.7 Å². The summed E-state index contributed by atoms with van der Waals surface area (Å²) in [5, 5.41) is 0. The van der Waals surface area contributed by atoms with Crippen molar-refractivity contribution in [1.29, 1.82) is 0 Å². The van der Waals surface area contributed by atoms with Gasteiger partial charge in [0.25, 0.3) is 0 Å². The molecule has 1 aromatic carbocycles. The summed E-state index contributed by atoms with van der Waals surface area (Å²) in [6.07, 6.45) is 1.96. The van der Waals surface area contributed by atoms with Gasteiger partial charge in [-0.1, -0.05) is 12.1 Å². The number of nitrogens with zero attached hydrogens (tertiary/aromatic N) is 3. The number of benzene rings is 1. The van der Waals surface area contributed by atoms with Crippen molar-refractivity contribution >= 4 is 15.9 Å². The van der Waals surface area contributed by atoms with Gasteiger partial charge in [-0.05, 0) is 36.8 Å². The van der Waals surface area contributed by atoms with E-state index in [2.05, 4.69) is 4.98 Å². The van der Waals surface area contributed by atoms with E-state index in [9.17, 15) is 17.6 Å². The highest BCUT2D eigenvalue weighted by atomic mass is 32.2. The topological polar surface area (TPSA) is 70.6 Å². The quantitative estimate of drug-likeness (QED) is 0.798. The summed E-state index contributed by atoms with van der Waals surface area (Å²) in [6.45, 7) is 2.08. The van der Waals surface area contributed by atoms with Crippen molar-refractivity contribution in [3.63, 3.8) is 0 Å². The fourth-order valence-electron chi connectivity index (χ4n) is 3.19.